The van der Waals surface area contributed by atoms with E-state index >= 15 is 0 Å². The van der Waals surface area contributed by atoms with Gasteiger partial charge in [-0.05, 0) is 37.0 Å². The zero-order valence-electron chi connectivity index (χ0n) is 21.4. The third-order valence-corrected chi connectivity index (χ3v) is 7.98. The smallest absolute Gasteiger partial charge is 0.301 e. The van der Waals surface area contributed by atoms with E-state index < -0.39 is 41.8 Å². The highest BCUT2D eigenvalue weighted by atomic mass is 19.3. The van der Waals surface area contributed by atoms with Gasteiger partial charge in [0.05, 0.1) is 29.1 Å². The van der Waals surface area contributed by atoms with Crippen molar-refractivity contribution in [3.05, 3.63) is 46.6 Å². The summed E-state index contributed by atoms with van der Waals surface area (Å²) < 4.78 is 79.2. The SMILES string of the molecule is CC1CN(c2cc(Nc3ccc4c(c3)c3c(c(=O)n4C)OCC(F)(F)[C@H](C4CC4)N3)c(F)cn2)CCC1(F)F. The molecule has 2 fully saturated rings. The van der Waals surface area contributed by atoms with Crippen LogP contribution in [0, 0.1) is 17.7 Å². The molecule has 2 aliphatic heterocycles. The van der Waals surface area contributed by atoms with Gasteiger partial charge in [-0.25, -0.2) is 26.9 Å². The molecule has 3 aromatic rings. The largest absolute Gasteiger partial charge is 0.480 e. The number of ether oxygens (including phenoxy) is 1. The normalized spacial score (nSPS) is 23.9. The average Bonchev–Trinajstić information content (AvgIpc) is 3.73. The van der Waals surface area contributed by atoms with Crippen molar-refractivity contribution in [3.63, 3.8) is 0 Å². The van der Waals surface area contributed by atoms with E-state index in [1.807, 2.05) is 0 Å². The van der Waals surface area contributed by atoms with E-state index in [0.29, 0.717) is 35.2 Å². The van der Waals surface area contributed by atoms with Crippen LogP contribution in [0.15, 0.2) is 35.3 Å². The fraction of sp³-hybridized carbons (Fsp3) is 0.481. The molecule has 12 heteroatoms. The number of piperidine rings is 1. The Hall–Kier alpha value is -3.57. The second kappa shape index (κ2) is 8.99. The number of halogens is 5. The number of hydrogen-bond acceptors (Lipinski definition) is 6. The van der Waals surface area contributed by atoms with Gasteiger partial charge in [0, 0.05) is 49.6 Å². The van der Waals surface area contributed by atoms with Gasteiger partial charge in [-0.2, -0.15) is 0 Å². The zero-order chi connectivity index (χ0) is 27.7. The fourth-order valence-electron chi connectivity index (χ4n) is 5.43. The molecule has 7 nitrogen and oxygen atoms in total. The summed E-state index contributed by atoms with van der Waals surface area (Å²) in [6, 6.07) is 5.21. The minimum atomic E-state index is -3.17. The highest BCUT2D eigenvalue weighted by Gasteiger charge is 2.51. The number of nitrogens with zero attached hydrogens (tertiary/aromatic N) is 3. The second-order valence-electron chi connectivity index (χ2n) is 10.8. The molecule has 3 aliphatic rings. The molecule has 0 bridgehead atoms. The molecule has 0 radical (unpaired) electrons. The predicted molar refractivity (Wildman–Crippen MR) is 138 cm³/mol. The molecule has 0 spiro atoms. The summed E-state index contributed by atoms with van der Waals surface area (Å²) in [5.41, 5.74) is 0.638. The number of fused-ring (bicyclic) bond motifs is 3. The standard InChI is InChI=1S/C27H28F5N5O2/c1-14-12-37(8-7-26(14,29)30)21-10-19(18(28)11-33-21)34-16-5-6-20-17(9-16)22-23(25(38)36(20)2)39-13-27(31,32)24(35-22)15-3-4-15/h5-6,9-11,14-15,24,35H,3-4,7-8,12-13H2,1-2H3,(H,33,34)/t14?,24-/m0/s1. The summed E-state index contributed by atoms with van der Waals surface area (Å²) in [7, 11) is 1.53. The second-order valence-corrected chi connectivity index (χ2v) is 10.8. The lowest BCUT2D eigenvalue weighted by Crippen LogP contribution is -2.46. The Morgan fingerprint density at radius 1 is 1.15 bits per heavy atom. The molecule has 0 amide bonds. The van der Waals surface area contributed by atoms with Crippen LogP contribution in [0.4, 0.5) is 44.8 Å². The number of aromatic nitrogens is 2. The Labute approximate surface area is 221 Å². The Morgan fingerprint density at radius 2 is 1.92 bits per heavy atom. The molecule has 1 aliphatic carbocycles. The van der Waals surface area contributed by atoms with Crippen LogP contribution in [-0.4, -0.2) is 47.1 Å². The summed E-state index contributed by atoms with van der Waals surface area (Å²) >= 11 is 0. The molecule has 208 valence electrons. The van der Waals surface area contributed by atoms with Crippen molar-refractivity contribution in [1.82, 2.24) is 9.55 Å². The van der Waals surface area contributed by atoms with Gasteiger partial charge in [0.2, 0.25) is 5.75 Å². The number of nitrogens with one attached hydrogen (secondary N) is 2. The summed E-state index contributed by atoms with van der Waals surface area (Å²) in [4.78, 5) is 18.8. The first-order valence-electron chi connectivity index (χ1n) is 12.9. The Morgan fingerprint density at radius 3 is 2.64 bits per heavy atom. The summed E-state index contributed by atoms with van der Waals surface area (Å²) in [5.74, 6) is -7.50. The number of rotatable bonds is 4. The molecular weight excluding hydrogens is 521 g/mol. The molecule has 6 rings (SSSR count). The zero-order valence-corrected chi connectivity index (χ0v) is 21.4. The first-order chi connectivity index (χ1) is 18.4. The van der Waals surface area contributed by atoms with Crippen LogP contribution in [0.2, 0.25) is 0 Å². The van der Waals surface area contributed by atoms with E-state index in [9.17, 15) is 26.7 Å². The molecule has 2 atom stereocenters. The van der Waals surface area contributed by atoms with Gasteiger partial charge >= 0.3 is 5.92 Å². The number of anilines is 4. The van der Waals surface area contributed by atoms with Crippen LogP contribution in [-0.2, 0) is 7.05 Å². The quantitative estimate of drug-likeness (QED) is 0.418. The summed E-state index contributed by atoms with van der Waals surface area (Å²) in [6.45, 7) is 0.740. The first kappa shape index (κ1) is 25.7. The van der Waals surface area contributed by atoms with Crippen molar-refractivity contribution in [1.29, 1.82) is 0 Å². The van der Waals surface area contributed by atoms with Gasteiger partial charge in [-0.15, -0.1) is 0 Å². The van der Waals surface area contributed by atoms with Crippen LogP contribution >= 0.6 is 0 Å². The highest BCUT2D eigenvalue weighted by molar-refractivity contribution is 5.97. The number of pyridine rings is 2. The molecule has 1 unspecified atom stereocenters. The fourth-order valence-corrected chi connectivity index (χ4v) is 5.43. The lowest BCUT2D eigenvalue weighted by atomic mass is 9.95. The van der Waals surface area contributed by atoms with Crippen molar-refractivity contribution in [2.75, 3.05) is 35.2 Å². The monoisotopic (exact) mass is 549 g/mol. The third kappa shape index (κ3) is 4.53. The Balaban J connectivity index is 1.36. The molecule has 1 saturated carbocycles. The van der Waals surface area contributed by atoms with Crippen LogP contribution in [0.25, 0.3) is 10.9 Å². The molecule has 2 aromatic heterocycles. The lowest BCUT2D eigenvalue weighted by molar-refractivity contribution is -0.0652. The average molecular weight is 550 g/mol. The first-order valence-corrected chi connectivity index (χ1v) is 12.9. The van der Waals surface area contributed by atoms with Crippen molar-refractivity contribution >= 4 is 33.8 Å². The van der Waals surface area contributed by atoms with Crippen LogP contribution < -0.4 is 25.8 Å². The maximum atomic E-state index is 14.9. The molecule has 2 N–H and O–H groups in total. The number of hydrogen-bond donors (Lipinski definition) is 2. The van der Waals surface area contributed by atoms with Gasteiger partial charge in [0.15, 0.2) is 12.4 Å². The van der Waals surface area contributed by atoms with Crippen molar-refractivity contribution in [3.8, 4) is 5.75 Å². The van der Waals surface area contributed by atoms with Crippen LogP contribution in [0.5, 0.6) is 5.75 Å². The van der Waals surface area contributed by atoms with Crippen LogP contribution in [0.1, 0.15) is 26.2 Å². The van der Waals surface area contributed by atoms with E-state index in [1.165, 1.54) is 24.6 Å². The maximum Gasteiger partial charge on any atom is 0.301 e. The minimum absolute atomic E-state index is 0.0758. The van der Waals surface area contributed by atoms with E-state index in [2.05, 4.69) is 15.6 Å². The topological polar surface area (TPSA) is 71.4 Å². The van der Waals surface area contributed by atoms with Gasteiger partial charge < -0.3 is 24.8 Å². The summed E-state index contributed by atoms with van der Waals surface area (Å²) in [6.07, 6.45) is 2.04. The van der Waals surface area contributed by atoms with Crippen LogP contribution in [0.3, 0.4) is 0 Å². The molecule has 1 aromatic carbocycles. The number of benzene rings is 1. The number of alkyl halides is 4. The third-order valence-electron chi connectivity index (χ3n) is 7.98. The van der Waals surface area contributed by atoms with Gasteiger partial charge in [0.1, 0.15) is 5.82 Å². The molecular formula is C27H28F5N5O2. The van der Waals surface area contributed by atoms with Gasteiger partial charge in [-0.1, -0.05) is 6.92 Å². The predicted octanol–water partition coefficient (Wildman–Crippen LogP) is 5.52. The van der Waals surface area contributed by atoms with Crippen molar-refractivity contribution in [2.24, 2.45) is 18.9 Å². The summed E-state index contributed by atoms with van der Waals surface area (Å²) in [5, 5.41) is 6.38. The molecule has 4 heterocycles. The van der Waals surface area contributed by atoms with E-state index in [4.69, 9.17) is 4.74 Å². The van der Waals surface area contributed by atoms with Crippen molar-refractivity contribution < 1.29 is 26.7 Å². The Kier molecular flexibility index (Phi) is 5.92. The van der Waals surface area contributed by atoms with E-state index in [-0.39, 0.29) is 42.6 Å². The number of aryl methyl sites for hydroxylation is 1. The van der Waals surface area contributed by atoms with Crippen molar-refractivity contribution in [2.45, 2.75) is 44.1 Å². The maximum absolute atomic E-state index is 14.9. The van der Waals surface area contributed by atoms with Gasteiger partial charge in [-0.3, -0.25) is 4.79 Å². The van der Waals surface area contributed by atoms with Gasteiger partial charge in [0.25, 0.3) is 11.5 Å². The van der Waals surface area contributed by atoms with E-state index in [0.717, 1.165) is 6.20 Å². The molecule has 1 saturated heterocycles. The lowest BCUT2D eigenvalue weighted by Gasteiger charge is -2.37. The minimum Gasteiger partial charge on any atom is -0.480 e. The van der Waals surface area contributed by atoms with E-state index in [1.54, 1.807) is 23.1 Å². The highest BCUT2D eigenvalue weighted by Crippen LogP contribution is 2.45. The Bertz CT molecular complexity index is 1510. The molecule has 39 heavy (non-hydrogen) atoms.